The summed E-state index contributed by atoms with van der Waals surface area (Å²) in [5.74, 6) is -1.60. The van der Waals surface area contributed by atoms with Crippen molar-refractivity contribution < 1.29 is 9.59 Å². The zero-order valence-electron chi connectivity index (χ0n) is 10.9. The minimum Gasteiger partial charge on any atom is -0.318 e. The van der Waals surface area contributed by atoms with Crippen molar-refractivity contribution in [2.75, 3.05) is 5.32 Å². The second kappa shape index (κ2) is 7.35. The Kier molecular flexibility index (Phi) is 5.22. The molecule has 2 aromatic carbocycles. The van der Waals surface area contributed by atoms with Gasteiger partial charge in [-0.2, -0.15) is 5.10 Å². The van der Waals surface area contributed by atoms with Crippen molar-refractivity contribution in [3.8, 4) is 0 Å². The molecule has 0 radical (unpaired) electrons. The van der Waals surface area contributed by atoms with Gasteiger partial charge in [0, 0.05) is 10.2 Å². The quantitative estimate of drug-likeness (QED) is 0.509. The predicted octanol–water partition coefficient (Wildman–Crippen LogP) is 2.54. The molecule has 0 saturated heterocycles. The van der Waals surface area contributed by atoms with Crippen LogP contribution in [0.2, 0.25) is 0 Å². The van der Waals surface area contributed by atoms with E-state index in [9.17, 15) is 9.59 Å². The van der Waals surface area contributed by atoms with Crippen LogP contribution in [0.4, 0.5) is 5.69 Å². The van der Waals surface area contributed by atoms with E-state index in [-0.39, 0.29) is 0 Å². The summed E-state index contributed by atoms with van der Waals surface area (Å²) in [6.07, 6.45) is 1.46. The van der Waals surface area contributed by atoms with Gasteiger partial charge in [0.25, 0.3) is 0 Å². The van der Waals surface area contributed by atoms with Crippen LogP contribution in [-0.4, -0.2) is 18.0 Å². The highest BCUT2D eigenvalue weighted by Crippen LogP contribution is 2.09. The topological polar surface area (TPSA) is 70.6 Å². The summed E-state index contributed by atoms with van der Waals surface area (Å²) < 4.78 is 0.902. The van der Waals surface area contributed by atoms with Gasteiger partial charge in [-0.05, 0) is 29.8 Å². The van der Waals surface area contributed by atoms with Crippen LogP contribution in [0.25, 0.3) is 0 Å². The number of halogens is 1. The number of benzene rings is 2. The van der Waals surface area contributed by atoms with E-state index in [1.54, 1.807) is 24.3 Å². The lowest BCUT2D eigenvalue weighted by molar-refractivity contribution is -0.136. The highest BCUT2D eigenvalue weighted by Gasteiger charge is 2.12. The van der Waals surface area contributed by atoms with Crippen LogP contribution in [-0.2, 0) is 9.59 Å². The van der Waals surface area contributed by atoms with Gasteiger partial charge < -0.3 is 5.32 Å². The second-order valence-corrected chi connectivity index (χ2v) is 4.99. The first-order valence-electron chi connectivity index (χ1n) is 6.10. The first kappa shape index (κ1) is 14.9. The average molecular weight is 346 g/mol. The molecule has 0 bridgehead atoms. The van der Waals surface area contributed by atoms with Crippen molar-refractivity contribution in [1.82, 2.24) is 5.43 Å². The fourth-order valence-electron chi connectivity index (χ4n) is 1.51. The van der Waals surface area contributed by atoms with Gasteiger partial charge in [0.1, 0.15) is 0 Å². The molecule has 0 aliphatic heterocycles. The molecule has 0 aromatic heterocycles. The first-order valence-corrected chi connectivity index (χ1v) is 6.89. The largest absolute Gasteiger partial charge is 0.329 e. The molecule has 2 amide bonds. The smallest absolute Gasteiger partial charge is 0.318 e. The molecular weight excluding hydrogens is 334 g/mol. The Morgan fingerprint density at radius 3 is 2.48 bits per heavy atom. The molecule has 0 unspecified atom stereocenters. The third-order valence-electron chi connectivity index (χ3n) is 2.47. The standard InChI is InChI=1S/C15H12BrN3O2/c16-12-6-4-5-11(9-12)10-17-19-15(21)14(20)18-13-7-2-1-3-8-13/h1-10H,(H,18,20)(H,19,21)/b17-10-. The van der Waals surface area contributed by atoms with E-state index < -0.39 is 11.8 Å². The monoisotopic (exact) mass is 345 g/mol. The highest BCUT2D eigenvalue weighted by atomic mass is 79.9. The second-order valence-electron chi connectivity index (χ2n) is 4.07. The van der Waals surface area contributed by atoms with Gasteiger partial charge in [-0.25, -0.2) is 5.43 Å². The van der Waals surface area contributed by atoms with E-state index in [4.69, 9.17) is 0 Å². The van der Waals surface area contributed by atoms with Crippen molar-refractivity contribution in [3.05, 3.63) is 64.6 Å². The van der Waals surface area contributed by atoms with Gasteiger partial charge in [0.05, 0.1) is 6.21 Å². The van der Waals surface area contributed by atoms with Gasteiger partial charge in [0.15, 0.2) is 0 Å². The SMILES string of the molecule is O=C(N/N=C\c1cccc(Br)c1)C(=O)Nc1ccccc1. The van der Waals surface area contributed by atoms with Gasteiger partial charge in [-0.1, -0.05) is 46.3 Å². The molecule has 0 aliphatic carbocycles. The summed E-state index contributed by atoms with van der Waals surface area (Å²) in [4.78, 5) is 23.2. The summed E-state index contributed by atoms with van der Waals surface area (Å²) in [5.41, 5.74) is 3.52. The number of hydrogen-bond acceptors (Lipinski definition) is 3. The van der Waals surface area contributed by atoms with Gasteiger partial charge in [-0.3, -0.25) is 9.59 Å². The molecule has 0 saturated carbocycles. The van der Waals surface area contributed by atoms with Crippen LogP contribution in [0.5, 0.6) is 0 Å². The molecule has 0 heterocycles. The molecule has 0 spiro atoms. The number of rotatable bonds is 3. The molecule has 106 valence electrons. The average Bonchev–Trinajstić information content (AvgIpc) is 2.48. The van der Waals surface area contributed by atoms with Crippen molar-refractivity contribution in [3.63, 3.8) is 0 Å². The third-order valence-corrected chi connectivity index (χ3v) is 2.96. The number of carbonyl (C=O) groups excluding carboxylic acids is 2. The van der Waals surface area contributed by atoms with Crippen molar-refractivity contribution >= 4 is 39.6 Å². The number of hydrazone groups is 1. The number of anilines is 1. The predicted molar refractivity (Wildman–Crippen MR) is 85.0 cm³/mol. The number of nitrogens with zero attached hydrogens (tertiary/aromatic N) is 1. The summed E-state index contributed by atoms with van der Waals surface area (Å²) in [6.45, 7) is 0. The maximum Gasteiger partial charge on any atom is 0.329 e. The van der Waals surface area contributed by atoms with E-state index in [1.807, 2.05) is 30.3 Å². The third kappa shape index (κ3) is 4.85. The Labute approximate surface area is 130 Å². The fourth-order valence-corrected chi connectivity index (χ4v) is 1.93. The van der Waals surface area contributed by atoms with E-state index in [2.05, 4.69) is 31.8 Å². The Morgan fingerprint density at radius 1 is 1.00 bits per heavy atom. The minimum atomic E-state index is -0.829. The van der Waals surface area contributed by atoms with Crippen LogP contribution in [0, 0.1) is 0 Å². The summed E-state index contributed by atoms with van der Waals surface area (Å²) in [5, 5.41) is 6.21. The highest BCUT2D eigenvalue weighted by molar-refractivity contribution is 9.10. The zero-order chi connectivity index (χ0) is 15.1. The minimum absolute atomic E-state index is 0.550. The summed E-state index contributed by atoms with van der Waals surface area (Å²) >= 11 is 3.33. The van der Waals surface area contributed by atoms with Gasteiger partial charge in [-0.15, -0.1) is 0 Å². The number of carbonyl (C=O) groups is 2. The maximum atomic E-state index is 11.6. The van der Waals surface area contributed by atoms with Crippen LogP contribution < -0.4 is 10.7 Å². The van der Waals surface area contributed by atoms with Crippen molar-refractivity contribution in [2.45, 2.75) is 0 Å². The van der Waals surface area contributed by atoms with E-state index in [1.165, 1.54) is 6.21 Å². The fraction of sp³-hybridized carbons (Fsp3) is 0. The van der Waals surface area contributed by atoms with Gasteiger partial charge >= 0.3 is 11.8 Å². The lowest BCUT2D eigenvalue weighted by Crippen LogP contribution is -2.32. The molecule has 0 atom stereocenters. The lowest BCUT2D eigenvalue weighted by atomic mass is 10.2. The zero-order valence-corrected chi connectivity index (χ0v) is 12.5. The van der Waals surface area contributed by atoms with E-state index >= 15 is 0 Å². The molecule has 5 nitrogen and oxygen atoms in total. The molecule has 21 heavy (non-hydrogen) atoms. The molecule has 0 aliphatic rings. The molecule has 2 aromatic rings. The van der Waals surface area contributed by atoms with Crippen LogP contribution in [0.3, 0.4) is 0 Å². The lowest BCUT2D eigenvalue weighted by Gasteiger charge is -2.03. The summed E-state index contributed by atoms with van der Waals surface area (Å²) in [6, 6.07) is 16.1. The summed E-state index contributed by atoms with van der Waals surface area (Å²) in [7, 11) is 0. The number of para-hydroxylation sites is 1. The first-order chi connectivity index (χ1) is 10.1. The Hall–Kier alpha value is -2.47. The maximum absolute atomic E-state index is 11.6. The molecule has 6 heteroatoms. The molecule has 2 N–H and O–H groups in total. The van der Waals surface area contributed by atoms with Crippen molar-refractivity contribution in [1.29, 1.82) is 0 Å². The molecule has 0 fully saturated rings. The number of nitrogens with one attached hydrogen (secondary N) is 2. The number of hydrogen-bond donors (Lipinski definition) is 2. The van der Waals surface area contributed by atoms with Crippen LogP contribution in [0.1, 0.15) is 5.56 Å². The Morgan fingerprint density at radius 2 is 1.76 bits per heavy atom. The van der Waals surface area contributed by atoms with Crippen LogP contribution in [0.15, 0.2) is 64.2 Å². The van der Waals surface area contributed by atoms with Crippen molar-refractivity contribution in [2.24, 2.45) is 5.10 Å². The van der Waals surface area contributed by atoms with Gasteiger partial charge in [0.2, 0.25) is 0 Å². The Balaban J connectivity index is 1.88. The van der Waals surface area contributed by atoms with Crippen LogP contribution >= 0.6 is 15.9 Å². The van der Waals surface area contributed by atoms with E-state index in [0.29, 0.717) is 5.69 Å². The van der Waals surface area contributed by atoms with E-state index in [0.717, 1.165) is 10.0 Å². The number of amides is 2. The molecular formula is C15H12BrN3O2. The molecule has 2 rings (SSSR count). The normalized spacial score (nSPS) is 10.3. The Bertz CT molecular complexity index is 672.